The van der Waals surface area contributed by atoms with Gasteiger partial charge in [-0.05, 0) is 42.3 Å². The summed E-state index contributed by atoms with van der Waals surface area (Å²) in [6.45, 7) is -0.133. The highest BCUT2D eigenvalue weighted by molar-refractivity contribution is 7.89. The van der Waals surface area contributed by atoms with Gasteiger partial charge in [-0.15, -0.1) is 0 Å². The number of carbonyl (C=O) groups is 1. The first-order chi connectivity index (χ1) is 17.4. The quantitative estimate of drug-likeness (QED) is 0.372. The predicted octanol–water partition coefficient (Wildman–Crippen LogP) is 2.08. The highest BCUT2D eigenvalue weighted by Gasteiger charge is 2.35. The Morgan fingerprint density at radius 3 is 2.32 bits per heavy atom. The SMILES string of the molecule is NC(=O)c1ncc(-c2ccc(S(=O)(=O)N3CC[C@@H](Nc4ccc(C(F)(F)F)cn4)[C@@H](O)C3)cc2)cc1N. The number of halogens is 3. The highest BCUT2D eigenvalue weighted by Crippen LogP contribution is 2.30. The molecule has 2 aromatic heterocycles. The Labute approximate surface area is 210 Å². The minimum atomic E-state index is -4.51. The second-order valence-electron chi connectivity index (χ2n) is 8.45. The molecule has 6 N–H and O–H groups in total. The van der Waals surface area contributed by atoms with Crippen LogP contribution in [0.25, 0.3) is 11.1 Å². The van der Waals surface area contributed by atoms with Crippen LogP contribution in [0.5, 0.6) is 0 Å². The number of primary amides is 1. The first kappa shape index (κ1) is 26.3. The number of carbonyl (C=O) groups excluding carboxylic acids is 1. The maximum absolute atomic E-state index is 13.1. The fourth-order valence-corrected chi connectivity index (χ4v) is 5.41. The Hall–Kier alpha value is -3.75. The lowest BCUT2D eigenvalue weighted by molar-refractivity contribution is -0.137. The number of aliphatic hydroxyl groups is 1. The summed E-state index contributed by atoms with van der Waals surface area (Å²) < 4.78 is 65.6. The van der Waals surface area contributed by atoms with Crippen LogP contribution in [-0.2, 0) is 16.2 Å². The van der Waals surface area contributed by atoms with Crippen LogP contribution < -0.4 is 16.8 Å². The number of hydrogen-bond donors (Lipinski definition) is 4. The van der Waals surface area contributed by atoms with Crippen LogP contribution in [-0.4, -0.2) is 58.9 Å². The van der Waals surface area contributed by atoms with Gasteiger partial charge in [0.25, 0.3) is 5.91 Å². The Balaban J connectivity index is 1.42. The number of aliphatic hydroxyl groups excluding tert-OH is 1. The van der Waals surface area contributed by atoms with Gasteiger partial charge in [-0.3, -0.25) is 4.79 Å². The number of nitrogen functional groups attached to an aromatic ring is 1. The van der Waals surface area contributed by atoms with Crippen molar-refractivity contribution in [3.8, 4) is 11.1 Å². The largest absolute Gasteiger partial charge is 0.417 e. The lowest BCUT2D eigenvalue weighted by Gasteiger charge is -2.35. The average molecular weight is 537 g/mol. The van der Waals surface area contributed by atoms with E-state index in [2.05, 4.69) is 15.3 Å². The van der Waals surface area contributed by atoms with E-state index in [1.807, 2.05) is 0 Å². The van der Waals surface area contributed by atoms with E-state index in [1.165, 1.54) is 24.4 Å². The molecule has 0 radical (unpaired) electrons. The first-order valence-corrected chi connectivity index (χ1v) is 12.4. The van der Waals surface area contributed by atoms with Crippen molar-refractivity contribution in [2.45, 2.75) is 29.6 Å². The molecule has 196 valence electrons. The molecule has 1 aromatic carbocycles. The van der Waals surface area contributed by atoms with Gasteiger partial charge in [-0.2, -0.15) is 17.5 Å². The molecule has 10 nitrogen and oxygen atoms in total. The van der Waals surface area contributed by atoms with Crippen molar-refractivity contribution in [1.29, 1.82) is 0 Å². The van der Waals surface area contributed by atoms with Gasteiger partial charge in [0.2, 0.25) is 10.0 Å². The number of nitrogens with one attached hydrogen (secondary N) is 1. The third-order valence-corrected chi connectivity index (χ3v) is 7.82. The highest BCUT2D eigenvalue weighted by atomic mass is 32.2. The van der Waals surface area contributed by atoms with E-state index in [9.17, 15) is 31.5 Å². The first-order valence-electron chi connectivity index (χ1n) is 11.0. The zero-order chi connectivity index (χ0) is 27.0. The molecule has 1 amide bonds. The molecule has 1 saturated heterocycles. The minimum absolute atomic E-state index is 0.00829. The Kier molecular flexibility index (Phi) is 7.08. The van der Waals surface area contributed by atoms with E-state index >= 15 is 0 Å². The molecule has 37 heavy (non-hydrogen) atoms. The number of aromatic nitrogens is 2. The molecule has 1 aliphatic rings. The van der Waals surface area contributed by atoms with Gasteiger partial charge in [0.05, 0.1) is 28.3 Å². The third-order valence-electron chi connectivity index (χ3n) is 5.94. The van der Waals surface area contributed by atoms with Gasteiger partial charge >= 0.3 is 6.18 Å². The van der Waals surface area contributed by atoms with Crippen LogP contribution in [0.1, 0.15) is 22.5 Å². The number of sulfonamides is 1. The molecule has 2 atom stereocenters. The second kappa shape index (κ2) is 9.95. The molecule has 3 heterocycles. The smallest absolute Gasteiger partial charge is 0.397 e. The number of β-amino-alcohol motifs (C(OH)–C–C–N with tert-alkyl or cyclic N) is 1. The molecule has 14 heteroatoms. The summed E-state index contributed by atoms with van der Waals surface area (Å²) in [5, 5.41) is 13.4. The summed E-state index contributed by atoms with van der Waals surface area (Å²) in [6.07, 6.45) is -3.33. The summed E-state index contributed by atoms with van der Waals surface area (Å²) >= 11 is 0. The molecule has 1 aliphatic heterocycles. The fraction of sp³-hybridized carbons (Fsp3) is 0.261. The number of hydrogen-bond acceptors (Lipinski definition) is 8. The van der Waals surface area contributed by atoms with Crippen molar-refractivity contribution in [3.63, 3.8) is 0 Å². The molecule has 0 aliphatic carbocycles. The summed E-state index contributed by atoms with van der Waals surface area (Å²) in [5.41, 5.74) is 11.3. The minimum Gasteiger partial charge on any atom is -0.397 e. The van der Waals surface area contributed by atoms with Crippen LogP contribution in [0.2, 0.25) is 0 Å². The van der Waals surface area contributed by atoms with Gasteiger partial charge in [0.1, 0.15) is 5.82 Å². The zero-order valence-electron chi connectivity index (χ0n) is 19.2. The summed E-state index contributed by atoms with van der Waals surface area (Å²) in [4.78, 5) is 19.0. The Morgan fingerprint density at radius 2 is 1.78 bits per heavy atom. The number of rotatable bonds is 6. The molecule has 0 spiro atoms. The van der Waals surface area contributed by atoms with E-state index in [4.69, 9.17) is 11.5 Å². The third kappa shape index (κ3) is 5.65. The van der Waals surface area contributed by atoms with Crippen LogP contribution in [0.3, 0.4) is 0 Å². The van der Waals surface area contributed by atoms with Gasteiger partial charge in [-0.1, -0.05) is 12.1 Å². The molecule has 0 saturated carbocycles. The van der Waals surface area contributed by atoms with Crippen molar-refractivity contribution in [1.82, 2.24) is 14.3 Å². The monoisotopic (exact) mass is 536 g/mol. The number of nitrogens with two attached hydrogens (primary N) is 2. The molecule has 4 rings (SSSR count). The number of benzene rings is 1. The summed E-state index contributed by atoms with van der Waals surface area (Å²) in [6, 6.07) is 8.89. The number of pyridine rings is 2. The van der Waals surface area contributed by atoms with Gasteiger partial charge in [0, 0.05) is 31.0 Å². The standard InChI is InChI=1S/C23H23F3N6O4S/c24-23(25,26)15-3-6-20(29-11-15)31-18-7-8-32(12-19(18)33)37(35,36)16-4-1-13(2-5-16)14-9-17(27)21(22(28)34)30-10-14/h1-6,9-11,18-19,33H,7-8,12,27H2,(H2,28,34)(H,29,31)/t18-,19+/m1/s1. The van der Waals surface area contributed by atoms with Crippen molar-refractivity contribution in [2.24, 2.45) is 5.73 Å². The molecular weight excluding hydrogens is 513 g/mol. The maximum atomic E-state index is 13.1. The zero-order valence-corrected chi connectivity index (χ0v) is 20.0. The maximum Gasteiger partial charge on any atom is 0.417 e. The molecule has 1 fully saturated rings. The van der Waals surface area contributed by atoms with Crippen LogP contribution in [0.15, 0.2) is 59.8 Å². The van der Waals surface area contributed by atoms with Gasteiger partial charge in [-0.25, -0.2) is 18.4 Å². The van der Waals surface area contributed by atoms with E-state index < -0.39 is 39.8 Å². The lowest BCUT2D eigenvalue weighted by atomic mass is 10.0. The van der Waals surface area contributed by atoms with E-state index in [1.54, 1.807) is 12.1 Å². The van der Waals surface area contributed by atoms with Crippen LogP contribution in [0.4, 0.5) is 24.7 Å². The van der Waals surface area contributed by atoms with E-state index in [0.717, 1.165) is 16.4 Å². The average Bonchev–Trinajstić information content (AvgIpc) is 2.85. The predicted molar refractivity (Wildman–Crippen MR) is 129 cm³/mol. The molecule has 0 bridgehead atoms. The van der Waals surface area contributed by atoms with Gasteiger partial charge < -0.3 is 21.9 Å². The number of anilines is 2. The number of amides is 1. The van der Waals surface area contributed by atoms with Crippen molar-refractivity contribution >= 4 is 27.4 Å². The number of alkyl halides is 3. The van der Waals surface area contributed by atoms with Crippen molar-refractivity contribution in [2.75, 3.05) is 24.1 Å². The molecule has 0 unspecified atom stereocenters. The lowest BCUT2D eigenvalue weighted by Crippen LogP contribution is -2.51. The second-order valence-corrected chi connectivity index (χ2v) is 10.4. The molecule has 3 aromatic rings. The number of piperidine rings is 1. The topological polar surface area (TPSA) is 165 Å². The summed E-state index contributed by atoms with van der Waals surface area (Å²) in [7, 11) is -3.93. The summed E-state index contributed by atoms with van der Waals surface area (Å²) in [5.74, 6) is -0.620. The Morgan fingerprint density at radius 1 is 1.08 bits per heavy atom. The van der Waals surface area contributed by atoms with E-state index in [0.29, 0.717) is 17.3 Å². The molecular formula is C23H23F3N6O4S. The van der Waals surface area contributed by atoms with Crippen LogP contribution in [0, 0.1) is 0 Å². The normalized spacial score (nSPS) is 18.9. The van der Waals surface area contributed by atoms with Crippen molar-refractivity contribution in [3.05, 3.63) is 66.1 Å². The van der Waals surface area contributed by atoms with Gasteiger partial charge in [0.15, 0.2) is 5.69 Å². The fourth-order valence-electron chi connectivity index (χ4n) is 3.94. The Bertz CT molecular complexity index is 1400. The van der Waals surface area contributed by atoms with Crippen LogP contribution >= 0.6 is 0 Å². The number of nitrogens with zero attached hydrogens (tertiary/aromatic N) is 3. The van der Waals surface area contributed by atoms with E-state index in [-0.39, 0.29) is 41.6 Å². The van der Waals surface area contributed by atoms with Crippen molar-refractivity contribution < 1.29 is 31.5 Å².